The molecule has 0 saturated heterocycles. The van der Waals surface area contributed by atoms with E-state index in [-0.39, 0.29) is 6.61 Å². The van der Waals surface area contributed by atoms with Crippen LogP contribution in [0.2, 0.25) is 0 Å². The largest absolute Gasteiger partial charge is 0.444 e. The molecule has 0 radical (unpaired) electrons. The molecule has 0 aliphatic heterocycles. The first-order chi connectivity index (χ1) is 10.2. The maximum absolute atomic E-state index is 11.8. The molecule has 3 aromatic rings. The number of anilines is 1. The van der Waals surface area contributed by atoms with Crippen molar-refractivity contribution in [3.8, 4) is 0 Å². The van der Waals surface area contributed by atoms with Gasteiger partial charge in [-0.1, -0.05) is 30.3 Å². The Morgan fingerprint density at radius 1 is 1.29 bits per heavy atom. The van der Waals surface area contributed by atoms with E-state index in [9.17, 15) is 4.79 Å². The van der Waals surface area contributed by atoms with Gasteiger partial charge < -0.3 is 4.74 Å². The fourth-order valence-electron chi connectivity index (χ4n) is 1.96. The second kappa shape index (κ2) is 5.97. The minimum absolute atomic E-state index is 0.236. The number of nitrogens with one attached hydrogen (secondary N) is 2. The summed E-state index contributed by atoms with van der Waals surface area (Å²) in [6.45, 7) is 0.236. The Hall–Kier alpha value is -2.34. The van der Waals surface area contributed by atoms with Gasteiger partial charge in [0.15, 0.2) is 0 Å². The van der Waals surface area contributed by atoms with Gasteiger partial charge in [0.05, 0.1) is 11.7 Å². The summed E-state index contributed by atoms with van der Waals surface area (Å²) in [6.07, 6.45) is 1.22. The Bertz CT molecular complexity index is 771. The van der Waals surface area contributed by atoms with Crippen molar-refractivity contribution in [1.82, 2.24) is 10.2 Å². The first-order valence-electron chi connectivity index (χ1n) is 6.33. The van der Waals surface area contributed by atoms with Crippen molar-refractivity contribution in [2.75, 3.05) is 5.32 Å². The van der Waals surface area contributed by atoms with Crippen molar-refractivity contribution in [1.29, 1.82) is 0 Å². The molecule has 2 N–H and O–H groups in total. The Morgan fingerprint density at radius 3 is 2.90 bits per heavy atom. The molecule has 0 fully saturated rings. The minimum atomic E-state index is -0.496. The number of hydrogen-bond acceptors (Lipinski definition) is 3. The number of ether oxygens (including phenoxy) is 1. The first-order valence-corrected chi connectivity index (χ1v) is 7.12. The summed E-state index contributed by atoms with van der Waals surface area (Å²) in [5, 5.41) is 10.5. The van der Waals surface area contributed by atoms with Crippen LogP contribution in [0.5, 0.6) is 0 Å². The van der Waals surface area contributed by atoms with Crippen LogP contribution >= 0.6 is 15.9 Å². The van der Waals surface area contributed by atoms with Gasteiger partial charge >= 0.3 is 6.09 Å². The molecule has 3 rings (SSSR count). The highest BCUT2D eigenvalue weighted by Gasteiger charge is 2.08. The van der Waals surface area contributed by atoms with Crippen LogP contribution < -0.4 is 5.32 Å². The number of carbonyl (C=O) groups excluding carboxylic acids is 1. The number of aromatic amines is 1. The quantitative estimate of drug-likeness (QED) is 0.751. The lowest BCUT2D eigenvalue weighted by Crippen LogP contribution is -2.13. The minimum Gasteiger partial charge on any atom is -0.444 e. The molecule has 106 valence electrons. The van der Waals surface area contributed by atoms with Crippen LogP contribution in [0, 0.1) is 0 Å². The van der Waals surface area contributed by atoms with Crippen LogP contribution in [0.4, 0.5) is 10.5 Å². The molecule has 0 unspecified atom stereocenters. The van der Waals surface area contributed by atoms with E-state index in [1.807, 2.05) is 36.4 Å². The first kappa shape index (κ1) is 13.6. The van der Waals surface area contributed by atoms with Crippen LogP contribution in [-0.4, -0.2) is 16.3 Å². The van der Waals surface area contributed by atoms with E-state index in [0.717, 1.165) is 20.9 Å². The van der Waals surface area contributed by atoms with Crippen molar-refractivity contribution >= 4 is 38.6 Å². The van der Waals surface area contributed by atoms with Crippen LogP contribution in [0.3, 0.4) is 0 Å². The third-order valence-corrected chi connectivity index (χ3v) is 3.62. The number of nitrogens with zero attached hydrogens (tertiary/aromatic N) is 1. The number of benzene rings is 2. The van der Waals surface area contributed by atoms with Crippen molar-refractivity contribution in [3.05, 3.63) is 58.7 Å². The van der Waals surface area contributed by atoms with Gasteiger partial charge in [0.25, 0.3) is 0 Å². The average Bonchev–Trinajstić information content (AvgIpc) is 2.95. The number of rotatable bonds is 3. The van der Waals surface area contributed by atoms with E-state index >= 15 is 0 Å². The van der Waals surface area contributed by atoms with Gasteiger partial charge in [-0.05, 0) is 33.6 Å². The summed E-state index contributed by atoms with van der Waals surface area (Å²) >= 11 is 3.44. The average molecular weight is 346 g/mol. The standard InChI is InChI=1S/C15H12BrN3O2/c16-13-6-11(7-14-12(13)8-17-19-14)18-15(20)21-9-10-4-2-1-3-5-10/h1-8H,9H2,(H,17,19)(H,18,20). The molecule has 1 aromatic heterocycles. The van der Waals surface area contributed by atoms with Gasteiger partial charge in [-0.15, -0.1) is 0 Å². The van der Waals surface area contributed by atoms with E-state index in [4.69, 9.17) is 4.74 Å². The van der Waals surface area contributed by atoms with E-state index in [1.54, 1.807) is 12.3 Å². The van der Waals surface area contributed by atoms with E-state index in [1.165, 1.54) is 0 Å². The molecule has 0 atom stereocenters. The second-order valence-electron chi connectivity index (χ2n) is 4.48. The normalized spacial score (nSPS) is 10.5. The lowest BCUT2D eigenvalue weighted by molar-refractivity contribution is 0.155. The van der Waals surface area contributed by atoms with Crippen molar-refractivity contribution in [3.63, 3.8) is 0 Å². The number of amides is 1. The number of aromatic nitrogens is 2. The second-order valence-corrected chi connectivity index (χ2v) is 5.33. The van der Waals surface area contributed by atoms with E-state index < -0.39 is 6.09 Å². The maximum atomic E-state index is 11.8. The van der Waals surface area contributed by atoms with Crippen LogP contribution in [0.25, 0.3) is 10.9 Å². The van der Waals surface area contributed by atoms with E-state index in [0.29, 0.717) is 5.69 Å². The smallest absolute Gasteiger partial charge is 0.411 e. The number of carbonyl (C=O) groups is 1. The van der Waals surface area contributed by atoms with E-state index in [2.05, 4.69) is 31.4 Å². The van der Waals surface area contributed by atoms with Crippen LogP contribution in [0.15, 0.2) is 53.1 Å². The Balaban J connectivity index is 1.66. The molecule has 6 heteroatoms. The molecule has 1 amide bonds. The summed E-state index contributed by atoms with van der Waals surface area (Å²) in [5.41, 5.74) is 2.41. The molecule has 2 aromatic carbocycles. The molecule has 0 aliphatic carbocycles. The highest BCUT2D eigenvalue weighted by molar-refractivity contribution is 9.10. The predicted molar refractivity (Wildman–Crippen MR) is 84.0 cm³/mol. The zero-order valence-corrected chi connectivity index (χ0v) is 12.6. The van der Waals surface area contributed by atoms with Gasteiger partial charge in [0, 0.05) is 15.5 Å². The monoisotopic (exact) mass is 345 g/mol. The zero-order chi connectivity index (χ0) is 14.7. The third kappa shape index (κ3) is 3.22. The van der Waals surface area contributed by atoms with Crippen molar-refractivity contribution < 1.29 is 9.53 Å². The molecule has 1 heterocycles. The Morgan fingerprint density at radius 2 is 2.10 bits per heavy atom. The summed E-state index contributed by atoms with van der Waals surface area (Å²) in [6, 6.07) is 13.1. The van der Waals surface area contributed by atoms with Gasteiger partial charge in [-0.3, -0.25) is 10.4 Å². The molecular weight excluding hydrogens is 334 g/mol. The summed E-state index contributed by atoms with van der Waals surface area (Å²) in [4.78, 5) is 11.8. The molecule has 5 nitrogen and oxygen atoms in total. The Kier molecular flexibility index (Phi) is 3.87. The molecule has 21 heavy (non-hydrogen) atoms. The molecule has 0 aliphatic rings. The lowest BCUT2D eigenvalue weighted by atomic mass is 10.2. The number of halogens is 1. The van der Waals surface area contributed by atoms with Crippen LogP contribution in [-0.2, 0) is 11.3 Å². The highest BCUT2D eigenvalue weighted by atomic mass is 79.9. The topological polar surface area (TPSA) is 67.0 Å². The van der Waals surface area contributed by atoms with Gasteiger partial charge in [-0.25, -0.2) is 4.79 Å². The van der Waals surface area contributed by atoms with Gasteiger partial charge in [0.1, 0.15) is 6.61 Å². The van der Waals surface area contributed by atoms with Crippen LogP contribution in [0.1, 0.15) is 5.56 Å². The summed E-state index contributed by atoms with van der Waals surface area (Å²) in [5.74, 6) is 0. The lowest BCUT2D eigenvalue weighted by Gasteiger charge is -2.08. The third-order valence-electron chi connectivity index (χ3n) is 2.97. The SMILES string of the molecule is O=C(Nc1cc(Br)c2cn[nH]c2c1)OCc1ccccc1. The fraction of sp³-hybridized carbons (Fsp3) is 0.0667. The number of fused-ring (bicyclic) bond motifs is 1. The molecule has 0 saturated carbocycles. The van der Waals surface area contributed by atoms with Crippen molar-refractivity contribution in [2.24, 2.45) is 0 Å². The molecule has 0 spiro atoms. The summed E-state index contributed by atoms with van der Waals surface area (Å²) in [7, 11) is 0. The van der Waals surface area contributed by atoms with Gasteiger partial charge in [-0.2, -0.15) is 5.10 Å². The Labute approximate surface area is 129 Å². The molecule has 0 bridgehead atoms. The number of hydrogen-bond donors (Lipinski definition) is 2. The highest BCUT2D eigenvalue weighted by Crippen LogP contribution is 2.26. The number of H-pyrrole nitrogens is 1. The fourth-order valence-corrected chi connectivity index (χ4v) is 2.52. The van der Waals surface area contributed by atoms with Crippen molar-refractivity contribution in [2.45, 2.75) is 6.61 Å². The summed E-state index contributed by atoms with van der Waals surface area (Å²) < 4.78 is 6.03. The predicted octanol–water partition coefficient (Wildman–Crippen LogP) is 4.07. The van der Waals surface area contributed by atoms with Gasteiger partial charge in [0.2, 0.25) is 0 Å². The molecular formula is C15H12BrN3O2. The zero-order valence-electron chi connectivity index (χ0n) is 11.0. The maximum Gasteiger partial charge on any atom is 0.411 e.